The summed E-state index contributed by atoms with van der Waals surface area (Å²) >= 11 is 0. The highest BCUT2D eigenvalue weighted by Gasteiger charge is 2.12. The second kappa shape index (κ2) is 5.40. The molecule has 0 fully saturated rings. The Bertz CT molecular complexity index is 805. The Hall–Kier alpha value is -2.62. The Morgan fingerprint density at radius 1 is 1.19 bits per heavy atom. The van der Waals surface area contributed by atoms with Gasteiger partial charge in [-0.05, 0) is 36.6 Å². The smallest absolute Gasteiger partial charge is 0.337 e. The maximum Gasteiger partial charge on any atom is 0.337 e. The summed E-state index contributed by atoms with van der Waals surface area (Å²) in [6, 6.07) is 13.6. The number of carbonyl (C=O) groups is 1. The van der Waals surface area contributed by atoms with Crippen molar-refractivity contribution in [2.24, 2.45) is 0 Å². The fourth-order valence-corrected chi connectivity index (χ4v) is 2.57. The lowest BCUT2D eigenvalue weighted by Crippen LogP contribution is -2.02. The van der Waals surface area contributed by atoms with E-state index in [1.807, 2.05) is 22.8 Å². The number of aromatic nitrogens is 2. The van der Waals surface area contributed by atoms with Gasteiger partial charge in [-0.25, -0.2) is 9.78 Å². The van der Waals surface area contributed by atoms with Gasteiger partial charge in [-0.3, -0.25) is 0 Å². The second-order valence-electron chi connectivity index (χ2n) is 5.09. The topological polar surface area (TPSA) is 55.1 Å². The van der Waals surface area contributed by atoms with E-state index in [2.05, 4.69) is 24.0 Å². The van der Waals surface area contributed by atoms with Gasteiger partial charge in [0.05, 0.1) is 17.4 Å². The Labute approximate surface area is 122 Å². The number of carboxylic acids is 1. The van der Waals surface area contributed by atoms with Crippen LogP contribution in [-0.4, -0.2) is 20.6 Å². The van der Waals surface area contributed by atoms with E-state index in [0.717, 1.165) is 18.5 Å². The van der Waals surface area contributed by atoms with E-state index >= 15 is 0 Å². The summed E-state index contributed by atoms with van der Waals surface area (Å²) in [6.07, 6.45) is 2.62. The van der Waals surface area contributed by atoms with Crippen LogP contribution in [0.1, 0.15) is 21.5 Å². The van der Waals surface area contributed by atoms with Crippen molar-refractivity contribution >= 4 is 17.0 Å². The number of rotatable bonds is 4. The summed E-state index contributed by atoms with van der Waals surface area (Å²) in [5, 5.41) is 9.19. The molecule has 1 aromatic heterocycles. The Balaban J connectivity index is 1.90. The van der Waals surface area contributed by atoms with Crippen LogP contribution >= 0.6 is 0 Å². The van der Waals surface area contributed by atoms with Gasteiger partial charge < -0.3 is 9.67 Å². The van der Waals surface area contributed by atoms with Crippen molar-refractivity contribution in [1.82, 2.24) is 9.55 Å². The molecule has 0 aliphatic heterocycles. The van der Waals surface area contributed by atoms with Crippen molar-refractivity contribution < 1.29 is 9.90 Å². The number of carboxylic acid groups (broad SMARTS) is 1. The first-order valence-electron chi connectivity index (χ1n) is 6.88. The van der Waals surface area contributed by atoms with Gasteiger partial charge in [-0.1, -0.05) is 30.3 Å². The molecule has 0 unspecified atom stereocenters. The Kier molecular flexibility index (Phi) is 3.44. The van der Waals surface area contributed by atoms with Crippen molar-refractivity contribution in [3.63, 3.8) is 0 Å². The van der Waals surface area contributed by atoms with Crippen molar-refractivity contribution in [2.75, 3.05) is 0 Å². The molecule has 0 atom stereocenters. The van der Waals surface area contributed by atoms with Crippen LogP contribution in [0.15, 0.2) is 48.8 Å². The monoisotopic (exact) mass is 280 g/mol. The van der Waals surface area contributed by atoms with E-state index in [1.165, 1.54) is 11.1 Å². The van der Waals surface area contributed by atoms with Crippen molar-refractivity contribution in [2.45, 2.75) is 19.9 Å². The molecule has 2 aromatic carbocycles. The lowest BCUT2D eigenvalue weighted by molar-refractivity contribution is 0.0699. The number of aryl methyl sites for hydroxylation is 3. The predicted molar refractivity (Wildman–Crippen MR) is 81.6 cm³/mol. The molecule has 1 N–H and O–H groups in total. The van der Waals surface area contributed by atoms with E-state index in [4.69, 9.17) is 0 Å². The van der Waals surface area contributed by atoms with E-state index in [0.29, 0.717) is 5.52 Å². The first kappa shape index (κ1) is 13.4. The number of hydrogen-bond donors (Lipinski definition) is 1. The Morgan fingerprint density at radius 2 is 2.00 bits per heavy atom. The van der Waals surface area contributed by atoms with Crippen molar-refractivity contribution in [1.29, 1.82) is 0 Å². The molecule has 106 valence electrons. The summed E-state index contributed by atoms with van der Waals surface area (Å²) < 4.78 is 2.01. The fourth-order valence-electron chi connectivity index (χ4n) is 2.57. The fraction of sp³-hybridized carbons (Fsp3) is 0.176. The minimum atomic E-state index is -0.940. The van der Waals surface area contributed by atoms with Gasteiger partial charge >= 0.3 is 5.97 Å². The molecule has 1 heterocycles. The average Bonchev–Trinajstić information content (AvgIpc) is 2.89. The molecule has 0 radical (unpaired) electrons. The molecule has 0 aliphatic carbocycles. The predicted octanol–water partition coefficient (Wildman–Crippen LogP) is 3.29. The van der Waals surface area contributed by atoms with E-state index in [9.17, 15) is 9.90 Å². The van der Waals surface area contributed by atoms with Gasteiger partial charge in [0.15, 0.2) is 0 Å². The molecular formula is C17H16N2O2. The molecule has 4 heteroatoms. The SMILES string of the molecule is Cc1ccccc1CCn1cnc2c(C(=O)O)cccc21. The summed E-state index contributed by atoms with van der Waals surface area (Å²) in [4.78, 5) is 15.5. The lowest BCUT2D eigenvalue weighted by Gasteiger charge is -2.07. The third kappa shape index (κ3) is 2.52. The highest BCUT2D eigenvalue weighted by molar-refractivity contribution is 6.00. The van der Waals surface area contributed by atoms with Crippen LogP contribution in [-0.2, 0) is 13.0 Å². The normalized spacial score (nSPS) is 10.9. The number of nitrogens with zero attached hydrogens (tertiary/aromatic N) is 2. The van der Waals surface area contributed by atoms with Crippen LogP contribution in [0, 0.1) is 6.92 Å². The van der Waals surface area contributed by atoms with E-state index in [1.54, 1.807) is 18.5 Å². The van der Waals surface area contributed by atoms with Crippen LogP contribution < -0.4 is 0 Å². The molecule has 3 aromatic rings. The van der Waals surface area contributed by atoms with E-state index in [-0.39, 0.29) is 5.56 Å². The lowest BCUT2D eigenvalue weighted by atomic mass is 10.1. The van der Waals surface area contributed by atoms with Crippen LogP contribution in [0.3, 0.4) is 0 Å². The van der Waals surface area contributed by atoms with Crippen LogP contribution in [0.4, 0.5) is 0 Å². The van der Waals surface area contributed by atoms with Gasteiger partial charge in [0.25, 0.3) is 0 Å². The minimum absolute atomic E-state index is 0.252. The quantitative estimate of drug-likeness (QED) is 0.798. The zero-order valence-corrected chi connectivity index (χ0v) is 11.8. The number of benzene rings is 2. The molecule has 0 aliphatic rings. The average molecular weight is 280 g/mol. The molecule has 0 amide bonds. The van der Waals surface area contributed by atoms with Crippen LogP contribution in [0.5, 0.6) is 0 Å². The highest BCUT2D eigenvalue weighted by atomic mass is 16.4. The second-order valence-corrected chi connectivity index (χ2v) is 5.09. The van der Waals surface area contributed by atoms with Gasteiger partial charge in [-0.2, -0.15) is 0 Å². The summed E-state index contributed by atoms with van der Waals surface area (Å²) in [5.41, 5.74) is 4.24. The van der Waals surface area contributed by atoms with E-state index < -0.39 is 5.97 Å². The van der Waals surface area contributed by atoms with Crippen LogP contribution in [0.25, 0.3) is 11.0 Å². The Morgan fingerprint density at radius 3 is 2.76 bits per heavy atom. The zero-order chi connectivity index (χ0) is 14.8. The highest BCUT2D eigenvalue weighted by Crippen LogP contribution is 2.18. The maximum absolute atomic E-state index is 11.2. The van der Waals surface area contributed by atoms with Gasteiger partial charge in [0, 0.05) is 6.54 Å². The molecule has 4 nitrogen and oxygen atoms in total. The molecule has 0 saturated heterocycles. The van der Waals surface area contributed by atoms with Crippen molar-refractivity contribution in [3.05, 3.63) is 65.5 Å². The van der Waals surface area contributed by atoms with Crippen molar-refractivity contribution in [3.8, 4) is 0 Å². The molecule has 0 spiro atoms. The first-order valence-corrected chi connectivity index (χ1v) is 6.88. The number of aromatic carboxylic acids is 1. The third-order valence-corrected chi connectivity index (χ3v) is 3.76. The van der Waals surface area contributed by atoms with Gasteiger partial charge in [0.1, 0.15) is 5.52 Å². The maximum atomic E-state index is 11.2. The summed E-state index contributed by atoms with van der Waals surface area (Å²) in [5.74, 6) is -0.940. The number of hydrogen-bond acceptors (Lipinski definition) is 2. The molecule has 0 bridgehead atoms. The molecule has 0 saturated carbocycles. The number of fused-ring (bicyclic) bond motifs is 1. The largest absolute Gasteiger partial charge is 0.478 e. The number of imidazole rings is 1. The zero-order valence-electron chi connectivity index (χ0n) is 11.8. The minimum Gasteiger partial charge on any atom is -0.478 e. The van der Waals surface area contributed by atoms with Gasteiger partial charge in [0.2, 0.25) is 0 Å². The summed E-state index contributed by atoms with van der Waals surface area (Å²) in [6.45, 7) is 2.88. The molecule has 3 rings (SSSR count). The number of para-hydroxylation sites is 1. The van der Waals surface area contributed by atoms with Gasteiger partial charge in [-0.15, -0.1) is 0 Å². The molecular weight excluding hydrogens is 264 g/mol. The summed E-state index contributed by atoms with van der Waals surface area (Å²) in [7, 11) is 0. The standard InChI is InChI=1S/C17H16N2O2/c1-12-5-2-3-6-13(12)9-10-19-11-18-16-14(17(20)21)7-4-8-15(16)19/h2-8,11H,9-10H2,1H3,(H,20,21). The molecule has 21 heavy (non-hydrogen) atoms. The van der Waals surface area contributed by atoms with Crippen LogP contribution in [0.2, 0.25) is 0 Å². The third-order valence-electron chi connectivity index (χ3n) is 3.76. The first-order chi connectivity index (χ1) is 10.2.